The number of primary amides is 1. The first-order chi connectivity index (χ1) is 4.81. The highest BCUT2D eigenvalue weighted by atomic mass is 31.2. The summed E-state index contributed by atoms with van der Waals surface area (Å²) in [6, 6.07) is 0. The predicted molar refractivity (Wildman–Crippen MR) is 39.9 cm³/mol. The van der Waals surface area contributed by atoms with Crippen molar-refractivity contribution in [1.82, 2.24) is 0 Å². The molecule has 0 aliphatic carbocycles. The lowest BCUT2D eigenvalue weighted by atomic mass is 10.1. The summed E-state index contributed by atoms with van der Waals surface area (Å²) in [5.74, 6) is -0.890. The summed E-state index contributed by atoms with van der Waals surface area (Å²) in [5.41, 5.74) is 4.82. The minimum atomic E-state index is -3.99. The van der Waals surface area contributed by atoms with Crippen LogP contribution in [0.3, 0.4) is 0 Å². The summed E-state index contributed by atoms with van der Waals surface area (Å²) < 4.78 is 10.4. The van der Waals surface area contributed by atoms with Crippen LogP contribution in [-0.2, 0) is 9.36 Å². The van der Waals surface area contributed by atoms with Gasteiger partial charge in [0.2, 0.25) is 5.91 Å². The Labute approximate surface area is 64.8 Å². The van der Waals surface area contributed by atoms with E-state index in [4.69, 9.17) is 15.5 Å². The Bertz CT molecular complexity index is 187. The fourth-order valence-electron chi connectivity index (χ4n) is 0.814. The molecule has 1 unspecified atom stereocenters. The fourth-order valence-corrected chi connectivity index (χ4v) is 1.76. The van der Waals surface area contributed by atoms with Gasteiger partial charge in [-0.15, -0.1) is 0 Å². The lowest BCUT2D eigenvalue weighted by Gasteiger charge is -2.09. The molecule has 1 amide bonds. The van der Waals surface area contributed by atoms with Gasteiger partial charge in [0, 0.05) is 6.42 Å². The van der Waals surface area contributed by atoms with E-state index in [-0.39, 0.29) is 18.5 Å². The Balaban J connectivity index is 3.79. The van der Waals surface area contributed by atoms with Crippen LogP contribution in [0.5, 0.6) is 0 Å². The molecule has 11 heavy (non-hydrogen) atoms. The van der Waals surface area contributed by atoms with Crippen LogP contribution >= 0.6 is 7.60 Å². The van der Waals surface area contributed by atoms with Gasteiger partial charge in [-0.1, -0.05) is 6.92 Å². The highest BCUT2D eigenvalue weighted by Gasteiger charge is 2.18. The van der Waals surface area contributed by atoms with Gasteiger partial charge in [0.15, 0.2) is 0 Å². The number of carbonyl (C=O) groups is 1. The van der Waals surface area contributed by atoms with E-state index in [0.29, 0.717) is 0 Å². The molecule has 0 aliphatic rings. The maximum absolute atomic E-state index is 10.4. The van der Waals surface area contributed by atoms with Crippen molar-refractivity contribution >= 4 is 13.5 Å². The van der Waals surface area contributed by atoms with E-state index >= 15 is 0 Å². The van der Waals surface area contributed by atoms with E-state index in [1.54, 1.807) is 6.92 Å². The maximum Gasteiger partial charge on any atom is 0.325 e. The number of hydrogen-bond acceptors (Lipinski definition) is 2. The van der Waals surface area contributed by atoms with Crippen LogP contribution in [0.25, 0.3) is 0 Å². The molecule has 4 N–H and O–H groups in total. The number of amides is 1. The first-order valence-corrected chi connectivity index (χ1v) is 4.94. The van der Waals surface area contributed by atoms with Gasteiger partial charge in [0.05, 0.1) is 6.16 Å². The molecule has 0 spiro atoms. The summed E-state index contributed by atoms with van der Waals surface area (Å²) in [6.07, 6.45) is -0.263. The molecule has 0 saturated carbocycles. The van der Waals surface area contributed by atoms with Crippen LogP contribution in [0.4, 0.5) is 0 Å². The Morgan fingerprint density at radius 2 is 2.09 bits per heavy atom. The van der Waals surface area contributed by atoms with E-state index in [1.165, 1.54) is 0 Å². The highest BCUT2D eigenvalue weighted by molar-refractivity contribution is 7.51. The topological polar surface area (TPSA) is 101 Å². The number of nitrogens with two attached hydrogens (primary N) is 1. The smallest absolute Gasteiger partial charge is 0.325 e. The van der Waals surface area contributed by atoms with Crippen molar-refractivity contribution in [3.8, 4) is 0 Å². The van der Waals surface area contributed by atoms with Gasteiger partial charge in [-0.25, -0.2) is 0 Å². The highest BCUT2D eigenvalue weighted by Crippen LogP contribution is 2.37. The van der Waals surface area contributed by atoms with Crippen LogP contribution in [0.15, 0.2) is 0 Å². The molecule has 1 atom stereocenters. The third-order valence-corrected chi connectivity index (χ3v) is 2.20. The molecular weight excluding hydrogens is 169 g/mol. The average molecular weight is 181 g/mol. The zero-order valence-electron chi connectivity index (χ0n) is 6.23. The molecule has 0 aromatic rings. The van der Waals surface area contributed by atoms with E-state index in [0.717, 1.165) is 0 Å². The van der Waals surface area contributed by atoms with Gasteiger partial charge in [-0.3, -0.25) is 9.36 Å². The zero-order valence-corrected chi connectivity index (χ0v) is 7.12. The van der Waals surface area contributed by atoms with Crippen molar-refractivity contribution in [1.29, 1.82) is 0 Å². The van der Waals surface area contributed by atoms with Gasteiger partial charge in [-0.05, 0) is 5.92 Å². The number of carbonyl (C=O) groups excluding carboxylic acids is 1. The van der Waals surface area contributed by atoms with E-state index < -0.39 is 13.5 Å². The van der Waals surface area contributed by atoms with Crippen LogP contribution in [0.2, 0.25) is 0 Å². The SMILES string of the molecule is CC(CC(N)=O)CP(=O)(O)O. The summed E-state index contributed by atoms with van der Waals surface area (Å²) in [5, 5.41) is 0. The molecule has 0 rings (SSSR count). The normalized spacial score (nSPS) is 14.5. The molecule has 0 aromatic heterocycles. The largest absolute Gasteiger partial charge is 0.370 e. The average Bonchev–Trinajstić information content (AvgIpc) is 1.53. The Morgan fingerprint density at radius 3 is 2.36 bits per heavy atom. The monoisotopic (exact) mass is 181 g/mol. The molecule has 5 nitrogen and oxygen atoms in total. The molecule has 0 radical (unpaired) electrons. The lowest BCUT2D eigenvalue weighted by molar-refractivity contribution is -0.118. The Kier molecular flexibility index (Phi) is 3.72. The summed E-state index contributed by atoms with van der Waals surface area (Å²) >= 11 is 0. The second kappa shape index (κ2) is 3.85. The van der Waals surface area contributed by atoms with Crippen molar-refractivity contribution in [2.75, 3.05) is 6.16 Å². The third kappa shape index (κ3) is 7.52. The Hall–Kier alpha value is -0.380. The molecule has 0 aromatic carbocycles. The molecule has 6 heteroatoms. The van der Waals surface area contributed by atoms with Crippen molar-refractivity contribution in [3.63, 3.8) is 0 Å². The van der Waals surface area contributed by atoms with Gasteiger partial charge in [0.1, 0.15) is 0 Å². The molecule has 0 heterocycles. The van der Waals surface area contributed by atoms with Gasteiger partial charge >= 0.3 is 7.60 Å². The standard InChI is InChI=1S/C5H12NO4P/c1-4(2-5(6)7)3-11(8,9)10/h4H,2-3H2,1H3,(H2,6,7)(H2,8,9,10). The number of rotatable bonds is 4. The van der Waals surface area contributed by atoms with Crippen molar-refractivity contribution in [2.24, 2.45) is 11.7 Å². The van der Waals surface area contributed by atoms with Crippen molar-refractivity contribution in [2.45, 2.75) is 13.3 Å². The second-order valence-corrected chi connectivity index (χ2v) is 4.32. The van der Waals surface area contributed by atoms with Crippen LogP contribution in [0.1, 0.15) is 13.3 Å². The Morgan fingerprint density at radius 1 is 1.64 bits per heavy atom. The molecule has 0 aliphatic heterocycles. The first-order valence-electron chi connectivity index (χ1n) is 3.14. The summed E-state index contributed by atoms with van der Waals surface area (Å²) in [7, 11) is -3.99. The van der Waals surface area contributed by atoms with Gasteiger partial charge in [-0.2, -0.15) is 0 Å². The predicted octanol–water partition coefficient (Wildman–Crippen LogP) is -0.324. The third-order valence-electron chi connectivity index (χ3n) is 1.10. The molecule has 0 saturated heterocycles. The first kappa shape index (κ1) is 10.6. The summed E-state index contributed by atoms with van der Waals surface area (Å²) in [4.78, 5) is 27.2. The zero-order chi connectivity index (χ0) is 9.07. The van der Waals surface area contributed by atoms with Crippen LogP contribution in [-0.4, -0.2) is 21.9 Å². The quantitative estimate of drug-likeness (QED) is 0.517. The second-order valence-electron chi connectivity index (χ2n) is 2.62. The maximum atomic E-state index is 10.4. The molecule has 0 fully saturated rings. The molecular formula is C5H12NO4P. The van der Waals surface area contributed by atoms with Crippen molar-refractivity contribution < 1.29 is 19.1 Å². The van der Waals surface area contributed by atoms with Crippen LogP contribution in [0, 0.1) is 5.92 Å². The number of hydrogen-bond donors (Lipinski definition) is 3. The van der Waals surface area contributed by atoms with Gasteiger partial charge < -0.3 is 15.5 Å². The molecule has 0 bridgehead atoms. The molecule has 66 valence electrons. The van der Waals surface area contributed by atoms with E-state index in [1.807, 2.05) is 0 Å². The fraction of sp³-hybridized carbons (Fsp3) is 0.800. The lowest BCUT2D eigenvalue weighted by Crippen LogP contribution is -2.16. The van der Waals surface area contributed by atoms with Crippen LogP contribution < -0.4 is 5.73 Å². The van der Waals surface area contributed by atoms with Gasteiger partial charge in [0.25, 0.3) is 0 Å². The van der Waals surface area contributed by atoms with E-state index in [9.17, 15) is 9.36 Å². The summed E-state index contributed by atoms with van der Waals surface area (Å²) in [6.45, 7) is 1.57. The van der Waals surface area contributed by atoms with Crippen molar-refractivity contribution in [3.05, 3.63) is 0 Å². The minimum absolute atomic E-state index is 0.0190. The minimum Gasteiger partial charge on any atom is -0.370 e. The van der Waals surface area contributed by atoms with E-state index in [2.05, 4.69) is 0 Å².